The monoisotopic (exact) mass is 652 g/mol. The summed E-state index contributed by atoms with van der Waals surface area (Å²) >= 11 is 0. The summed E-state index contributed by atoms with van der Waals surface area (Å²) in [6.07, 6.45) is 1.65. The summed E-state index contributed by atoms with van der Waals surface area (Å²) in [5, 5.41) is 2.02. The Hall–Kier alpha value is -6.26. The van der Waals surface area contributed by atoms with Gasteiger partial charge < -0.3 is 8.83 Å². The van der Waals surface area contributed by atoms with E-state index in [0.29, 0.717) is 22.6 Å². The minimum atomic E-state index is -0.0745. The van der Waals surface area contributed by atoms with Gasteiger partial charge in [-0.2, -0.15) is 0 Å². The van der Waals surface area contributed by atoms with Gasteiger partial charge in [0, 0.05) is 38.9 Å². The second-order valence-corrected chi connectivity index (χ2v) is 12.3. The Morgan fingerprint density at radius 2 is 0.920 bits per heavy atom. The van der Waals surface area contributed by atoms with Crippen LogP contribution in [0.3, 0.4) is 0 Å². The van der Waals surface area contributed by atoms with Crippen LogP contribution in [0.5, 0.6) is 0 Å². The summed E-state index contributed by atoms with van der Waals surface area (Å²) in [5.74, 6) is 0.828. The Labute approximate surface area is 291 Å². The Morgan fingerprint density at radius 3 is 1.52 bits per heavy atom. The Bertz CT molecular complexity index is 2350. The molecular formula is C46H36O4. The van der Waals surface area contributed by atoms with Crippen LogP contribution in [0, 0.1) is 0 Å². The van der Waals surface area contributed by atoms with E-state index in [1.54, 1.807) is 0 Å². The first-order valence-electron chi connectivity index (χ1n) is 16.9. The molecule has 0 fully saturated rings. The van der Waals surface area contributed by atoms with Crippen molar-refractivity contribution >= 4 is 33.5 Å². The third-order valence-corrected chi connectivity index (χ3v) is 9.06. The van der Waals surface area contributed by atoms with Gasteiger partial charge in [-0.05, 0) is 36.1 Å². The molecule has 0 saturated carbocycles. The lowest BCUT2D eigenvalue weighted by atomic mass is 9.89. The van der Waals surface area contributed by atoms with Gasteiger partial charge in [-0.25, -0.2) is 0 Å². The molecule has 0 saturated heterocycles. The lowest BCUT2D eigenvalue weighted by Crippen LogP contribution is -2.06. The van der Waals surface area contributed by atoms with Crippen LogP contribution < -0.4 is 0 Å². The Morgan fingerprint density at radius 1 is 0.480 bits per heavy atom. The molecule has 50 heavy (non-hydrogen) atoms. The van der Waals surface area contributed by atoms with Crippen molar-refractivity contribution in [3.63, 3.8) is 0 Å². The van der Waals surface area contributed by atoms with Gasteiger partial charge in [-0.3, -0.25) is 9.59 Å². The topological polar surface area (TPSA) is 60.4 Å². The molecule has 8 aromatic rings. The number of hydrogen-bond donors (Lipinski definition) is 0. The summed E-state index contributed by atoms with van der Waals surface area (Å²) < 4.78 is 12.0. The van der Waals surface area contributed by atoms with Crippen LogP contribution in [0.2, 0.25) is 0 Å². The van der Waals surface area contributed by atoms with Crippen molar-refractivity contribution in [2.45, 2.75) is 25.7 Å². The molecule has 0 radical (unpaired) electrons. The fourth-order valence-corrected chi connectivity index (χ4v) is 6.46. The van der Waals surface area contributed by atoms with Gasteiger partial charge in [-0.15, -0.1) is 0 Å². The Balaban J connectivity index is 0.000000157. The van der Waals surface area contributed by atoms with E-state index in [4.69, 9.17) is 8.83 Å². The number of aryl methyl sites for hydroxylation is 2. The minimum Gasteiger partial charge on any atom is -0.452 e. The van der Waals surface area contributed by atoms with Crippen molar-refractivity contribution in [2.24, 2.45) is 0 Å². The molecule has 0 bridgehead atoms. The molecule has 0 amide bonds. The van der Waals surface area contributed by atoms with Gasteiger partial charge in [0.1, 0.15) is 11.2 Å². The van der Waals surface area contributed by atoms with Crippen LogP contribution in [0.15, 0.2) is 179 Å². The summed E-state index contributed by atoms with van der Waals surface area (Å²) in [6.45, 7) is 2.12. The van der Waals surface area contributed by atoms with Crippen molar-refractivity contribution in [1.82, 2.24) is 0 Å². The molecule has 1 unspecified atom stereocenters. The van der Waals surface area contributed by atoms with E-state index in [2.05, 4.69) is 31.2 Å². The predicted molar refractivity (Wildman–Crippen MR) is 200 cm³/mol. The maximum atomic E-state index is 13.1. The highest BCUT2D eigenvalue weighted by atomic mass is 16.3. The third-order valence-electron chi connectivity index (χ3n) is 9.06. The standard InChI is InChI=1S/2C23H18O2/c1-16(17-10-4-2-5-11-17)21-19-14-8-9-15-20(19)25-23(21)22(24)18-12-6-3-7-13-18;24-22(18-11-5-2-6-12-18)23-20(16-15-17-9-3-1-4-10-17)19-13-7-8-14-21(19)25-23/h2-16H,1H3;1-14H,15-16H2. The zero-order chi connectivity index (χ0) is 34.3. The first-order chi connectivity index (χ1) is 24.6. The fourth-order valence-electron chi connectivity index (χ4n) is 6.46. The van der Waals surface area contributed by atoms with E-state index < -0.39 is 0 Å². The maximum absolute atomic E-state index is 13.1. The van der Waals surface area contributed by atoms with Crippen molar-refractivity contribution in [3.05, 3.63) is 215 Å². The number of hydrogen-bond acceptors (Lipinski definition) is 4. The highest BCUT2D eigenvalue weighted by molar-refractivity contribution is 6.11. The number of ketones is 2. The second kappa shape index (κ2) is 14.9. The summed E-state index contributed by atoms with van der Waals surface area (Å²) in [5.41, 5.74) is 7.18. The fraction of sp³-hybridized carbons (Fsp3) is 0.0870. The number of carbonyl (C=O) groups is 2. The van der Waals surface area contributed by atoms with Gasteiger partial charge in [-0.1, -0.05) is 165 Å². The van der Waals surface area contributed by atoms with Crippen molar-refractivity contribution in [2.75, 3.05) is 0 Å². The lowest BCUT2D eigenvalue weighted by molar-refractivity contribution is 0.100. The van der Waals surface area contributed by atoms with Gasteiger partial charge in [0.05, 0.1) is 0 Å². The molecule has 2 heterocycles. The van der Waals surface area contributed by atoms with Crippen molar-refractivity contribution in [3.8, 4) is 0 Å². The zero-order valence-corrected chi connectivity index (χ0v) is 27.8. The molecule has 1 atom stereocenters. The van der Waals surface area contributed by atoms with Gasteiger partial charge >= 0.3 is 0 Å². The van der Waals surface area contributed by atoms with Gasteiger partial charge in [0.15, 0.2) is 11.5 Å². The first-order valence-corrected chi connectivity index (χ1v) is 16.9. The van der Waals surface area contributed by atoms with E-state index >= 15 is 0 Å². The minimum absolute atomic E-state index is 0.0557. The summed E-state index contributed by atoms with van der Waals surface area (Å²) in [7, 11) is 0. The molecule has 6 aromatic carbocycles. The van der Waals surface area contributed by atoms with Crippen LogP contribution in [-0.4, -0.2) is 11.6 Å². The smallest absolute Gasteiger partial charge is 0.228 e. The SMILES string of the molecule is CC(c1ccccc1)c1c(C(=O)c2ccccc2)oc2ccccc12.O=C(c1ccccc1)c1oc2ccccc2c1CCc1ccccc1. The van der Waals surface area contributed by atoms with Crippen molar-refractivity contribution < 1.29 is 18.4 Å². The highest BCUT2D eigenvalue weighted by Gasteiger charge is 2.26. The van der Waals surface area contributed by atoms with E-state index in [0.717, 1.165) is 51.5 Å². The quantitative estimate of drug-likeness (QED) is 0.146. The van der Waals surface area contributed by atoms with Crippen LogP contribution in [-0.2, 0) is 12.8 Å². The van der Waals surface area contributed by atoms with Gasteiger partial charge in [0.2, 0.25) is 11.6 Å². The van der Waals surface area contributed by atoms with Crippen molar-refractivity contribution in [1.29, 1.82) is 0 Å². The first kappa shape index (κ1) is 32.3. The summed E-state index contributed by atoms with van der Waals surface area (Å²) in [4.78, 5) is 26.0. The molecule has 244 valence electrons. The maximum Gasteiger partial charge on any atom is 0.228 e. The number of furan rings is 2. The largest absolute Gasteiger partial charge is 0.452 e. The lowest BCUT2D eigenvalue weighted by Gasteiger charge is -2.12. The molecule has 4 nitrogen and oxygen atoms in total. The molecule has 2 aromatic heterocycles. The Kier molecular flexibility index (Phi) is 9.61. The molecule has 4 heteroatoms. The van der Waals surface area contributed by atoms with Crippen LogP contribution >= 0.6 is 0 Å². The highest BCUT2D eigenvalue weighted by Crippen LogP contribution is 2.36. The van der Waals surface area contributed by atoms with E-state index in [-0.39, 0.29) is 17.5 Å². The third kappa shape index (κ3) is 6.83. The van der Waals surface area contributed by atoms with E-state index in [1.807, 2.05) is 146 Å². The molecule has 8 rings (SSSR count). The zero-order valence-electron chi connectivity index (χ0n) is 27.8. The van der Waals surface area contributed by atoms with Gasteiger partial charge in [0.25, 0.3) is 0 Å². The molecule has 0 aliphatic carbocycles. The van der Waals surface area contributed by atoms with E-state index in [9.17, 15) is 9.59 Å². The normalized spacial score (nSPS) is 11.5. The number of fused-ring (bicyclic) bond motifs is 2. The average Bonchev–Trinajstić information content (AvgIpc) is 3.77. The molecular weight excluding hydrogens is 617 g/mol. The van der Waals surface area contributed by atoms with E-state index in [1.165, 1.54) is 5.56 Å². The number of rotatable bonds is 9. The molecule has 0 N–H and O–H groups in total. The summed E-state index contributed by atoms with van der Waals surface area (Å²) in [6, 6.07) is 54.9. The average molecular weight is 653 g/mol. The van der Waals surface area contributed by atoms with Crippen LogP contribution in [0.4, 0.5) is 0 Å². The van der Waals surface area contributed by atoms with Crippen LogP contribution in [0.1, 0.15) is 67.3 Å². The molecule has 0 aliphatic rings. The molecule has 0 spiro atoms. The second-order valence-electron chi connectivity index (χ2n) is 12.3. The predicted octanol–water partition coefficient (Wildman–Crippen LogP) is 11.3. The number of para-hydroxylation sites is 2. The molecule has 0 aliphatic heterocycles. The number of benzene rings is 6. The van der Waals surface area contributed by atoms with Crippen LogP contribution in [0.25, 0.3) is 21.9 Å². The number of carbonyl (C=O) groups excluding carboxylic acids is 2.